The van der Waals surface area contributed by atoms with E-state index in [-0.39, 0.29) is 21.6 Å². The molecule has 0 saturated carbocycles. The summed E-state index contributed by atoms with van der Waals surface area (Å²) >= 11 is 0. The van der Waals surface area contributed by atoms with Crippen LogP contribution in [-0.2, 0) is 33.3 Å². The quantitative estimate of drug-likeness (QED) is 0.196. The molecule has 0 radical (unpaired) electrons. The highest BCUT2D eigenvalue weighted by atomic mass is 32.2. The fourth-order valence-corrected chi connectivity index (χ4v) is 4.74. The summed E-state index contributed by atoms with van der Waals surface area (Å²) in [4.78, 5) is 60.3. The molecule has 0 spiro atoms. The van der Waals surface area contributed by atoms with Gasteiger partial charge >= 0.3 is 17.8 Å². The summed E-state index contributed by atoms with van der Waals surface area (Å²) in [7, 11) is -4.51. The molecule has 3 atom stereocenters. The number of nitro benzene ring substituents is 1. The third-order valence-corrected chi connectivity index (χ3v) is 7.00. The highest BCUT2D eigenvalue weighted by molar-refractivity contribution is 7.86. The number of hydrogen-bond donors (Lipinski definition) is 0. The van der Waals surface area contributed by atoms with Crippen LogP contribution in [-0.4, -0.2) is 59.0 Å². The number of nitro groups is 1. The predicted octanol–water partition coefficient (Wildman–Crippen LogP) is 2.35. The maximum atomic E-state index is 13.2. The van der Waals surface area contributed by atoms with E-state index in [0.717, 1.165) is 41.1 Å². The third-order valence-electron chi connectivity index (χ3n) is 5.65. The molecule has 0 amide bonds. The van der Waals surface area contributed by atoms with Crippen LogP contribution in [0, 0.1) is 15.5 Å². The first kappa shape index (κ1) is 31.6. The number of carbonyl (C=O) groups is 2. The highest BCUT2D eigenvalue weighted by Crippen LogP contribution is 2.33. The minimum Gasteiger partial charge on any atom is -0.462 e. The first-order valence-corrected chi connectivity index (χ1v) is 13.8. The molecule has 1 aromatic heterocycles. The van der Waals surface area contributed by atoms with Crippen LogP contribution in [0.15, 0.2) is 51.0 Å². The number of nitrogens with zero attached hydrogens (tertiary/aromatic N) is 3. The smallest absolute Gasteiger partial charge is 0.425 e. The summed E-state index contributed by atoms with van der Waals surface area (Å²) in [6.45, 7) is 9.03. The van der Waals surface area contributed by atoms with Gasteiger partial charge in [-0.25, -0.2) is 9.59 Å². The van der Waals surface area contributed by atoms with Gasteiger partial charge in [-0.15, -0.1) is 0 Å². The van der Waals surface area contributed by atoms with Crippen molar-refractivity contribution in [1.82, 2.24) is 9.13 Å². The maximum Gasteiger partial charge on any atom is 0.425 e. The van der Waals surface area contributed by atoms with Gasteiger partial charge in [0, 0.05) is 30.8 Å². The first-order chi connectivity index (χ1) is 18.8. The minimum atomic E-state index is -4.51. The van der Waals surface area contributed by atoms with Crippen LogP contribution in [0.5, 0.6) is 0 Å². The van der Waals surface area contributed by atoms with Crippen molar-refractivity contribution in [2.75, 3.05) is 6.61 Å². The van der Waals surface area contributed by atoms with Gasteiger partial charge in [-0.3, -0.25) is 28.5 Å². The molecule has 224 valence electrons. The highest BCUT2D eigenvalue weighted by Gasteiger charge is 2.42. The summed E-state index contributed by atoms with van der Waals surface area (Å²) in [5, 5.41) is 10.9. The fraction of sp³-hybridized carbons (Fsp3) is 0.520. The van der Waals surface area contributed by atoms with Gasteiger partial charge in [-0.2, -0.15) is 13.0 Å². The lowest BCUT2D eigenvalue weighted by molar-refractivity contribution is -0.384. The SMILES string of the molecule is CC(C)(C)OC(=O)n1c(=O)ccn(C2CC(OS(=O)(=O)c3ccc([N+](=O)[O-])cc3)C(COC(=O)C(C)(C)C)O2)c1=O. The molecule has 3 unspecified atom stereocenters. The molecule has 15 nitrogen and oxygen atoms in total. The van der Waals surface area contributed by atoms with E-state index in [1.54, 1.807) is 41.5 Å². The number of aromatic nitrogens is 2. The zero-order chi connectivity index (χ0) is 30.9. The Labute approximate surface area is 234 Å². The topological polar surface area (TPSA) is 192 Å². The maximum absolute atomic E-state index is 13.2. The van der Waals surface area contributed by atoms with Crippen molar-refractivity contribution in [3.05, 3.63) is 67.5 Å². The molecule has 0 aliphatic carbocycles. The second-order valence-electron chi connectivity index (χ2n) is 11.2. The van der Waals surface area contributed by atoms with E-state index in [1.807, 2.05) is 0 Å². The molecule has 0 N–H and O–H groups in total. The number of carbonyl (C=O) groups excluding carboxylic acids is 2. The lowest BCUT2D eigenvalue weighted by Gasteiger charge is -2.22. The summed E-state index contributed by atoms with van der Waals surface area (Å²) in [5.74, 6) is -0.614. The van der Waals surface area contributed by atoms with E-state index in [0.29, 0.717) is 0 Å². The van der Waals surface area contributed by atoms with E-state index in [2.05, 4.69) is 0 Å². The van der Waals surface area contributed by atoms with Crippen molar-refractivity contribution in [3.63, 3.8) is 0 Å². The zero-order valence-corrected chi connectivity index (χ0v) is 24.1. The van der Waals surface area contributed by atoms with Crippen molar-refractivity contribution in [2.24, 2.45) is 5.41 Å². The Bertz CT molecular complexity index is 1550. The second-order valence-corrected chi connectivity index (χ2v) is 12.8. The van der Waals surface area contributed by atoms with Gasteiger partial charge in [0.05, 0.1) is 15.2 Å². The number of rotatable bonds is 7. The van der Waals surface area contributed by atoms with Gasteiger partial charge in [0.2, 0.25) is 0 Å². The van der Waals surface area contributed by atoms with Crippen molar-refractivity contribution < 1.29 is 41.3 Å². The number of hydrogen-bond acceptors (Lipinski definition) is 12. The molecule has 1 fully saturated rings. The average Bonchev–Trinajstić information content (AvgIpc) is 3.22. The molecule has 2 aromatic rings. The van der Waals surface area contributed by atoms with Gasteiger partial charge in [0.25, 0.3) is 21.4 Å². The normalized spacial score (nSPS) is 19.5. The number of ether oxygens (including phenoxy) is 3. The molecular weight excluding hydrogens is 566 g/mol. The average molecular weight is 598 g/mol. The monoisotopic (exact) mass is 597 g/mol. The molecule has 1 aromatic carbocycles. The van der Waals surface area contributed by atoms with Crippen LogP contribution < -0.4 is 11.2 Å². The van der Waals surface area contributed by atoms with Crippen LogP contribution in [0.25, 0.3) is 0 Å². The van der Waals surface area contributed by atoms with E-state index in [1.165, 1.54) is 0 Å². The van der Waals surface area contributed by atoms with Crippen LogP contribution in [0.1, 0.15) is 54.2 Å². The van der Waals surface area contributed by atoms with Crippen LogP contribution >= 0.6 is 0 Å². The molecule has 0 bridgehead atoms. The number of esters is 1. The molecule has 1 aliphatic rings. The summed E-state index contributed by atoms with van der Waals surface area (Å²) in [6.07, 6.45) is -4.18. The molecular formula is C25H31N3O12S. The molecule has 1 saturated heterocycles. The Balaban J connectivity index is 1.94. The summed E-state index contributed by atoms with van der Waals surface area (Å²) in [6, 6.07) is 4.91. The van der Waals surface area contributed by atoms with Gasteiger partial charge in [-0.05, 0) is 53.7 Å². The van der Waals surface area contributed by atoms with Gasteiger partial charge < -0.3 is 14.2 Å². The number of benzene rings is 1. The van der Waals surface area contributed by atoms with Crippen LogP contribution in [0.3, 0.4) is 0 Å². The summed E-state index contributed by atoms with van der Waals surface area (Å²) in [5.41, 5.74) is -4.30. The standard InChI is InChI=1S/C25H31N3O12S/c1-24(2,3)21(30)37-14-18-17(40-41(35,36)16-9-7-15(8-10-16)28(33)34)13-20(38-18)26-12-11-19(29)27(22(26)31)23(32)39-25(4,5)6/h7-12,17-18,20H,13-14H2,1-6H3. The fourth-order valence-electron chi connectivity index (χ4n) is 3.64. The Morgan fingerprint density at radius 1 is 1.07 bits per heavy atom. The van der Waals surface area contributed by atoms with Crippen molar-refractivity contribution >= 4 is 27.9 Å². The van der Waals surface area contributed by atoms with Crippen molar-refractivity contribution in [3.8, 4) is 0 Å². The Hall–Kier alpha value is -3.89. The molecule has 3 rings (SSSR count). The van der Waals surface area contributed by atoms with E-state index < -0.39 is 74.4 Å². The molecule has 2 heterocycles. The Morgan fingerprint density at radius 3 is 2.22 bits per heavy atom. The predicted molar refractivity (Wildman–Crippen MR) is 141 cm³/mol. The lowest BCUT2D eigenvalue weighted by Crippen LogP contribution is -2.46. The number of non-ortho nitro benzene ring substituents is 1. The van der Waals surface area contributed by atoms with Crippen LogP contribution in [0.2, 0.25) is 0 Å². The van der Waals surface area contributed by atoms with Crippen LogP contribution in [0.4, 0.5) is 10.5 Å². The minimum absolute atomic E-state index is 0.269. The second kappa shape index (κ2) is 11.5. The van der Waals surface area contributed by atoms with Crippen molar-refractivity contribution in [2.45, 2.75) is 76.9 Å². The van der Waals surface area contributed by atoms with E-state index in [9.17, 15) is 37.7 Å². The van der Waals surface area contributed by atoms with Gasteiger partial charge in [0.1, 0.15) is 30.6 Å². The zero-order valence-electron chi connectivity index (χ0n) is 23.3. The third kappa shape index (κ3) is 7.65. The Morgan fingerprint density at radius 2 is 1.68 bits per heavy atom. The van der Waals surface area contributed by atoms with E-state index >= 15 is 0 Å². The lowest BCUT2D eigenvalue weighted by atomic mass is 9.97. The summed E-state index contributed by atoms with van der Waals surface area (Å²) < 4.78 is 48.9. The van der Waals surface area contributed by atoms with Gasteiger partial charge in [0.15, 0.2) is 0 Å². The van der Waals surface area contributed by atoms with E-state index in [4.69, 9.17) is 18.4 Å². The Kier molecular flexibility index (Phi) is 8.90. The molecule has 1 aliphatic heterocycles. The largest absolute Gasteiger partial charge is 0.462 e. The van der Waals surface area contributed by atoms with Gasteiger partial charge in [-0.1, -0.05) is 0 Å². The van der Waals surface area contributed by atoms with Crippen molar-refractivity contribution in [1.29, 1.82) is 0 Å². The first-order valence-electron chi connectivity index (χ1n) is 12.4. The molecule has 41 heavy (non-hydrogen) atoms. The molecule has 16 heteroatoms.